The summed E-state index contributed by atoms with van der Waals surface area (Å²) in [5, 5.41) is 7.80. The van der Waals surface area contributed by atoms with Gasteiger partial charge in [0.25, 0.3) is 0 Å². The maximum atomic E-state index is 13.9. The van der Waals surface area contributed by atoms with Gasteiger partial charge in [0.1, 0.15) is 39.6 Å². The number of ether oxygens (including phenoxy) is 9. The molecule has 1 heterocycles. The first-order chi connectivity index (χ1) is 39.7. The van der Waals surface area contributed by atoms with Gasteiger partial charge < -0.3 is 63.0 Å². The molecule has 0 spiro atoms. The second kappa shape index (κ2) is 41.5. The molecule has 1 aromatic heterocycles. The highest BCUT2D eigenvalue weighted by Crippen LogP contribution is 2.08. The number of esters is 6. The average molecular weight is 1190 g/mol. The summed E-state index contributed by atoms with van der Waals surface area (Å²) in [4.78, 5) is 141. The molecule has 0 saturated heterocycles. The van der Waals surface area contributed by atoms with Crippen LogP contribution in [0.2, 0.25) is 0 Å². The van der Waals surface area contributed by atoms with Gasteiger partial charge in [0.05, 0.1) is 0 Å². The van der Waals surface area contributed by atoms with Gasteiger partial charge in [-0.15, -0.1) is 0 Å². The summed E-state index contributed by atoms with van der Waals surface area (Å²) in [6, 6.07) is 0. The average Bonchev–Trinajstić information content (AvgIpc) is 3.64. The van der Waals surface area contributed by atoms with Crippen LogP contribution in [0.3, 0.4) is 0 Å². The van der Waals surface area contributed by atoms with E-state index in [-0.39, 0.29) is 91.6 Å². The van der Waals surface area contributed by atoms with Crippen molar-refractivity contribution in [1.82, 2.24) is 25.1 Å². The predicted molar refractivity (Wildman–Crippen MR) is 303 cm³/mol. The molecule has 0 fully saturated rings. The summed E-state index contributed by atoms with van der Waals surface area (Å²) in [5.74, 6) is -5.20. The third-order valence-corrected chi connectivity index (χ3v) is 11.2. The van der Waals surface area contributed by atoms with E-state index in [0.717, 1.165) is 4.57 Å². The van der Waals surface area contributed by atoms with Crippen LogP contribution in [0.5, 0.6) is 0 Å². The van der Waals surface area contributed by atoms with Gasteiger partial charge in [-0.2, -0.15) is 0 Å². The van der Waals surface area contributed by atoms with Crippen LogP contribution in [0.15, 0.2) is 91.9 Å². The van der Waals surface area contributed by atoms with Crippen molar-refractivity contribution in [3.05, 3.63) is 99.6 Å². The largest absolute Gasteiger partial charge is 0.458 e. The third-order valence-electron chi connectivity index (χ3n) is 11.2. The maximum absolute atomic E-state index is 13.9. The van der Waals surface area contributed by atoms with E-state index in [2.05, 4.69) is 60.4 Å². The van der Waals surface area contributed by atoms with Gasteiger partial charge in [-0.3, -0.25) is 0 Å². The number of nitrogens with one attached hydrogen (secondary N) is 3. The van der Waals surface area contributed by atoms with Crippen molar-refractivity contribution in [2.75, 3.05) is 65.8 Å². The summed E-state index contributed by atoms with van der Waals surface area (Å²) in [5.41, 5.74) is -0.0459. The minimum absolute atomic E-state index is 0.0207. The van der Waals surface area contributed by atoms with Crippen molar-refractivity contribution < 1.29 is 90.2 Å². The Morgan fingerprint density at radius 2 is 0.667 bits per heavy atom. The molecule has 1 rings (SSSR count). The molecule has 0 atom stereocenters. The fourth-order valence-electron chi connectivity index (χ4n) is 6.50. The molecular formula is C57H84N6O21. The lowest BCUT2D eigenvalue weighted by atomic mass is 10.2. The standard InChI is InChI=1S/C57H84N6O21/c1-37(2)46(64)75-31-43(32-76-47(65)38(3)4)81-53(70)59-26-20-14-13-19-25-58-52-62(29-23-17-15-21-27-60-54(71)82-44(33-77-48(66)39(5)6)34-78-49(67)40(7)8)56(73)63(57(74)84-52)30-24-18-16-22-28-61-55(72)83-45(35-79-50(68)41(9)10)36-80-51(69)42(11)12/h43-45H,1,3,5,7,9,11,13-36H2,2,4,6,8,10,12H3,(H,59,70)(H,60,71)(H,61,72). The van der Waals surface area contributed by atoms with E-state index in [4.69, 9.17) is 47.0 Å². The van der Waals surface area contributed by atoms with Crippen molar-refractivity contribution >= 4 is 54.1 Å². The number of alkyl carbamates (subject to hydrolysis) is 3. The van der Waals surface area contributed by atoms with Crippen LogP contribution in [0.25, 0.3) is 0 Å². The van der Waals surface area contributed by atoms with E-state index in [0.29, 0.717) is 77.0 Å². The fraction of sp³-hybridized carbons (Fsp3) is 0.579. The Bertz CT molecular complexity index is 2590. The lowest BCUT2D eigenvalue weighted by Gasteiger charge is -2.18. The first kappa shape index (κ1) is 73.5. The normalized spacial score (nSPS) is 10.9. The fourth-order valence-corrected chi connectivity index (χ4v) is 6.50. The quantitative estimate of drug-likeness (QED) is 0.0328. The number of rotatable bonds is 42. The smallest absolute Gasteiger partial charge is 0.425 e. The van der Waals surface area contributed by atoms with Gasteiger partial charge in [-0.1, -0.05) is 78.0 Å². The number of hydrogen-bond acceptors (Lipinski definition) is 22. The zero-order valence-corrected chi connectivity index (χ0v) is 49.4. The Kier molecular flexibility index (Phi) is 36.3. The third kappa shape index (κ3) is 32.8. The number of amides is 3. The van der Waals surface area contributed by atoms with Crippen molar-refractivity contribution in [1.29, 1.82) is 0 Å². The van der Waals surface area contributed by atoms with Gasteiger partial charge >= 0.3 is 71.2 Å². The molecule has 0 saturated carbocycles. The zero-order chi connectivity index (χ0) is 63.1. The Morgan fingerprint density at radius 1 is 0.405 bits per heavy atom. The number of hydrogen-bond donors (Lipinski definition) is 3. The molecule has 3 amide bonds. The van der Waals surface area contributed by atoms with Gasteiger partial charge in [-0.25, -0.2) is 66.9 Å². The van der Waals surface area contributed by atoms with Crippen LogP contribution in [0, 0.1) is 0 Å². The molecule has 468 valence electrons. The summed E-state index contributed by atoms with van der Waals surface area (Å²) in [6.45, 7) is 28.3. The van der Waals surface area contributed by atoms with Crippen LogP contribution >= 0.6 is 0 Å². The van der Waals surface area contributed by atoms with Crippen LogP contribution in [-0.2, 0) is 84.5 Å². The number of carbonyl (C=O) groups excluding carboxylic acids is 9. The highest BCUT2D eigenvalue weighted by molar-refractivity contribution is 5.89. The van der Waals surface area contributed by atoms with E-state index in [1.165, 1.54) is 46.1 Å². The van der Waals surface area contributed by atoms with Crippen molar-refractivity contribution in [2.24, 2.45) is 4.99 Å². The van der Waals surface area contributed by atoms with E-state index >= 15 is 0 Å². The van der Waals surface area contributed by atoms with Crippen LogP contribution < -0.4 is 33.1 Å². The van der Waals surface area contributed by atoms with Crippen LogP contribution in [-0.4, -0.2) is 147 Å². The van der Waals surface area contributed by atoms with Gasteiger partial charge in [0.2, 0.25) is 0 Å². The Hall–Kier alpha value is -8.52. The number of unbranched alkanes of at least 4 members (excludes halogenated alkanes) is 9. The SMILES string of the molecule is C=C(C)C(=O)OCC(COC(=O)C(=C)C)OC(=O)NCCCCCCN=c1oc(=O)n(CCCCCCNC(=O)OC(COC(=O)C(=C)C)COC(=O)C(=C)C)c(=O)n1CCCCCCNC(=O)OC(COC(=O)C(=C)C)COC(=O)C(=C)C. The lowest BCUT2D eigenvalue weighted by molar-refractivity contribution is -0.149. The van der Waals surface area contributed by atoms with Crippen molar-refractivity contribution in [3.63, 3.8) is 0 Å². The van der Waals surface area contributed by atoms with E-state index in [9.17, 15) is 52.7 Å². The lowest BCUT2D eigenvalue weighted by Crippen LogP contribution is -2.47. The number of nitrogens with zero attached hydrogens (tertiary/aromatic N) is 3. The molecule has 0 aliphatic heterocycles. The van der Waals surface area contributed by atoms with Gasteiger partial charge in [0.15, 0.2) is 18.3 Å². The second-order valence-corrected chi connectivity index (χ2v) is 19.5. The number of carbonyl (C=O) groups is 9. The summed E-state index contributed by atoms with van der Waals surface area (Å²) in [6.07, 6.45) is 0.659. The molecular weight excluding hydrogens is 1100 g/mol. The van der Waals surface area contributed by atoms with Gasteiger partial charge in [0, 0.05) is 72.7 Å². The predicted octanol–water partition coefficient (Wildman–Crippen LogP) is 5.19. The first-order valence-corrected chi connectivity index (χ1v) is 27.4. The van der Waals surface area contributed by atoms with Gasteiger partial charge in [-0.05, 0) is 80.1 Å². The Morgan fingerprint density at radius 3 is 0.952 bits per heavy atom. The van der Waals surface area contributed by atoms with E-state index < -0.39 is 110 Å². The minimum atomic E-state index is -1.12. The molecule has 27 heteroatoms. The molecule has 3 N–H and O–H groups in total. The Balaban J connectivity index is 2.97. The molecule has 0 radical (unpaired) electrons. The molecule has 1 aromatic rings. The van der Waals surface area contributed by atoms with Crippen LogP contribution in [0.1, 0.15) is 119 Å². The van der Waals surface area contributed by atoms with E-state index in [1.807, 2.05) is 0 Å². The molecule has 0 aliphatic rings. The molecule has 0 aromatic carbocycles. The zero-order valence-electron chi connectivity index (χ0n) is 49.4. The first-order valence-electron chi connectivity index (χ1n) is 27.4. The highest BCUT2D eigenvalue weighted by Gasteiger charge is 2.23. The van der Waals surface area contributed by atoms with Crippen LogP contribution in [0.4, 0.5) is 14.4 Å². The molecule has 0 unspecified atom stereocenters. The topological polar surface area (TPSA) is 342 Å². The maximum Gasteiger partial charge on any atom is 0.425 e. The Labute approximate surface area is 488 Å². The summed E-state index contributed by atoms with van der Waals surface area (Å²) in [7, 11) is 0. The summed E-state index contributed by atoms with van der Waals surface area (Å²) < 4.78 is 54.3. The monoisotopic (exact) mass is 1190 g/mol. The van der Waals surface area contributed by atoms with Crippen molar-refractivity contribution in [3.8, 4) is 0 Å². The number of aromatic nitrogens is 2. The van der Waals surface area contributed by atoms with E-state index in [1.54, 1.807) is 0 Å². The molecule has 84 heavy (non-hydrogen) atoms. The molecule has 0 aliphatic carbocycles. The second-order valence-electron chi connectivity index (χ2n) is 19.5. The molecule has 0 bridgehead atoms. The minimum Gasteiger partial charge on any atom is -0.458 e. The summed E-state index contributed by atoms with van der Waals surface area (Å²) >= 11 is 0. The highest BCUT2D eigenvalue weighted by atomic mass is 16.6. The molecule has 27 nitrogen and oxygen atoms in total. The van der Waals surface area contributed by atoms with Crippen molar-refractivity contribution in [2.45, 2.75) is 150 Å².